The van der Waals surface area contributed by atoms with Crippen molar-refractivity contribution in [1.29, 1.82) is 5.26 Å². The number of fused-ring (bicyclic) bond motifs is 1. The number of ether oxygens (including phenoxy) is 1. The molecule has 122 valence electrons. The molecule has 3 aromatic rings. The van der Waals surface area contributed by atoms with Crippen LogP contribution in [0.4, 0.5) is 0 Å². The van der Waals surface area contributed by atoms with Crippen molar-refractivity contribution in [1.82, 2.24) is 9.55 Å². The van der Waals surface area contributed by atoms with Gasteiger partial charge in [-0.05, 0) is 62.1 Å². The third-order valence-corrected chi connectivity index (χ3v) is 4.43. The summed E-state index contributed by atoms with van der Waals surface area (Å²) in [6.07, 6.45) is 0. The SMILES string of the molecule is Cc1cc2nc(COc3c(C)cccc3C)n(CC#N)c2cc1C. The van der Waals surface area contributed by atoms with E-state index in [1.165, 1.54) is 11.1 Å². The molecule has 1 heterocycles. The van der Waals surface area contributed by atoms with E-state index in [1.807, 2.05) is 36.6 Å². The topological polar surface area (TPSA) is 50.8 Å². The third-order valence-electron chi connectivity index (χ3n) is 4.43. The molecule has 0 saturated heterocycles. The Kier molecular flexibility index (Phi) is 4.26. The second-order valence-corrected chi connectivity index (χ2v) is 6.21. The van der Waals surface area contributed by atoms with Gasteiger partial charge in [0, 0.05) is 0 Å². The minimum absolute atomic E-state index is 0.268. The fourth-order valence-electron chi connectivity index (χ4n) is 2.95. The van der Waals surface area contributed by atoms with Crippen molar-refractivity contribution in [2.75, 3.05) is 0 Å². The molecule has 0 aliphatic carbocycles. The number of nitriles is 1. The van der Waals surface area contributed by atoms with E-state index in [9.17, 15) is 5.26 Å². The largest absolute Gasteiger partial charge is 0.485 e. The highest BCUT2D eigenvalue weighted by Gasteiger charge is 2.13. The van der Waals surface area contributed by atoms with Crippen LogP contribution in [0.2, 0.25) is 0 Å². The number of rotatable bonds is 4. The minimum atomic E-state index is 0.268. The number of hydrogen-bond donors (Lipinski definition) is 0. The van der Waals surface area contributed by atoms with Crippen molar-refractivity contribution in [3.8, 4) is 11.8 Å². The van der Waals surface area contributed by atoms with E-state index in [0.717, 1.165) is 33.7 Å². The van der Waals surface area contributed by atoms with Crippen LogP contribution in [0.25, 0.3) is 11.0 Å². The standard InChI is InChI=1S/C20H21N3O/c1-13-6-5-7-14(2)20(13)24-12-19-22-17-10-15(3)16(4)11-18(17)23(19)9-8-21/h5-7,10-11H,9,12H2,1-4H3. The van der Waals surface area contributed by atoms with Gasteiger partial charge in [-0.1, -0.05) is 18.2 Å². The van der Waals surface area contributed by atoms with Gasteiger partial charge < -0.3 is 9.30 Å². The molecule has 1 aromatic heterocycles. The number of hydrogen-bond acceptors (Lipinski definition) is 3. The zero-order chi connectivity index (χ0) is 17.3. The molecule has 0 saturated carbocycles. The lowest BCUT2D eigenvalue weighted by molar-refractivity contribution is 0.287. The Hall–Kier alpha value is -2.80. The van der Waals surface area contributed by atoms with E-state index in [0.29, 0.717) is 6.61 Å². The van der Waals surface area contributed by atoms with Crippen molar-refractivity contribution < 1.29 is 4.74 Å². The molecule has 0 amide bonds. The number of imidazole rings is 1. The third kappa shape index (κ3) is 2.85. The molecule has 3 rings (SSSR count). The Labute approximate surface area is 142 Å². The van der Waals surface area contributed by atoms with Gasteiger partial charge >= 0.3 is 0 Å². The average Bonchev–Trinajstić information content (AvgIpc) is 2.85. The van der Waals surface area contributed by atoms with E-state index in [2.05, 4.69) is 32.0 Å². The van der Waals surface area contributed by atoms with Crippen molar-refractivity contribution in [2.45, 2.75) is 40.8 Å². The number of aromatic nitrogens is 2. The molecule has 0 aliphatic heterocycles. The Morgan fingerprint density at radius 3 is 2.38 bits per heavy atom. The second-order valence-electron chi connectivity index (χ2n) is 6.21. The van der Waals surface area contributed by atoms with Gasteiger partial charge in [-0.3, -0.25) is 0 Å². The van der Waals surface area contributed by atoms with Crippen molar-refractivity contribution in [3.63, 3.8) is 0 Å². The lowest BCUT2D eigenvalue weighted by atomic mass is 10.1. The summed E-state index contributed by atoms with van der Waals surface area (Å²) in [4.78, 5) is 4.69. The van der Waals surface area contributed by atoms with Gasteiger partial charge in [0.2, 0.25) is 0 Å². The molecule has 0 bridgehead atoms. The summed E-state index contributed by atoms with van der Waals surface area (Å²) in [7, 11) is 0. The summed E-state index contributed by atoms with van der Waals surface area (Å²) < 4.78 is 7.98. The highest BCUT2D eigenvalue weighted by molar-refractivity contribution is 5.78. The average molecular weight is 319 g/mol. The monoisotopic (exact) mass is 319 g/mol. The van der Waals surface area contributed by atoms with E-state index in [1.54, 1.807) is 0 Å². The Morgan fingerprint density at radius 1 is 1.04 bits per heavy atom. The lowest BCUT2D eigenvalue weighted by Gasteiger charge is -2.12. The van der Waals surface area contributed by atoms with Gasteiger partial charge in [0.1, 0.15) is 24.7 Å². The zero-order valence-corrected chi connectivity index (χ0v) is 14.6. The van der Waals surface area contributed by atoms with Crippen LogP contribution in [0, 0.1) is 39.0 Å². The van der Waals surface area contributed by atoms with Gasteiger partial charge in [0.05, 0.1) is 17.1 Å². The van der Waals surface area contributed by atoms with Gasteiger partial charge in [-0.2, -0.15) is 5.26 Å². The van der Waals surface area contributed by atoms with E-state index >= 15 is 0 Å². The minimum Gasteiger partial charge on any atom is -0.485 e. The Bertz CT molecular complexity index is 927. The van der Waals surface area contributed by atoms with Gasteiger partial charge in [0.15, 0.2) is 0 Å². The van der Waals surface area contributed by atoms with Gasteiger partial charge in [-0.25, -0.2) is 4.98 Å². The maximum Gasteiger partial charge on any atom is 0.148 e. The van der Waals surface area contributed by atoms with Crippen LogP contribution in [0.1, 0.15) is 28.1 Å². The van der Waals surface area contributed by atoms with E-state index < -0.39 is 0 Å². The van der Waals surface area contributed by atoms with Crippen molar-refractivity contribution >= 4 is 11.0 Å². The summed E-state index contributed by atoms with van der Waals surface area (Å²) in [5.41, 5.74) is 6.50. The first-order valence-electron chi connectivity index (χ1n) is 8.03. The molecular formula is C20H21N3O. The quantitative estimate of drug-likeness (QED) is 0.717. The summed E-state index contributed by atoms with van der Waals surface area (Å²) in [5, 5.41) is 9.18. The molecule has 4 nitrogen and oxygen atoms in total. The normalized spacial score (nSPS) is 10.8. The molecule has 0 radical (unpaired) electrons. The van der Waals surface area contributed by atoms with Crippen LogP contribution in [0.5, 0.6) is 5.75 Å². The molecule has 0 aliphatic rings. The Morgan fingerprint density at radius 2 is 1.71 bits per heavy atom. The number of nitrogens with zero attached hydrogens (tertiary/aromatic N) is 3. The summed E-state index contributed by atoms with van der Waals surface area (Å²) in [5.74, 6) is 1.67. The highest BCUT2D eigenvalue weighted by Crippen LogP contribution is 2.25. The fourth-order valence-corrected chi connectivity index (χ4v) is 2.95. The summed E-state index contributed by atoms with van der Waals surface area (Å²) in [6, 6.07) is 12.5. The zero-order valence-electron chi connectivity index (χ0n) is 14.6. The predicted molar refractivity (Wildman–Crippen MR) is 95.1 cm³/mol. The molecule has 0 atom stereocenters. The fraction of sp³-hybridized carbons (Fsp3) is 0.300. The maximum atomic E-state index is 9.18. The Balaban J connectivity index is 2.00. The smallest absolute Gasteiger partial charge is 0.148 e. The first-order chi connectivity index (χ1) is 11.5. The highest BCUT2D eigenvalue weighted by atomic mass is 16.5. The first-order valence-corrected chi connectivity index (χ1v) is 8.03. The molecule has 24 heavy (non-hydrogen) atoms. The number of aryl methyl sites for hydroxylation is 4. The molecule has 0 fully saturated rings. The molecule has 0 N–H and O–H groups in total. The van der Waals surface area contributed by atoms with E-state index in [4.69, 9.17) is 9.72 Å². The van der Waals surface area contributed by atoms with Gasteiger partial charge in [-0.15, -0.1) is 0 Å². The molecule has 0 spiro atoms. The van der Waals surface area contributed by atoms with E-state index in [-0.39, 0.29) is 6.54 Å². The summed E-state index contributed by atoms with van der Waals surface area (Å²) >= 11 is 0. The first kappa shape index (κ1) is 16.1. The van der Waals surface area contributed by atoms with Crippen molar-refractivity contribution in [2.24, 2.45) is 0 Å². The van der Waals surface area contributed by atoms with Crippen LogP contribution < -0.4 is 4.74 Å². The lowest BCUT2D eigenvalue weighted by Crippen LogP contribution is -2.07. The van der Waals surface area contributed by atoms with Crippen LogP contribution in [0.3, 0.4) is 0 Å². The van der Waals surface area contributed by atoms with Crippen LogP contribution in [0.15, 0.2) is 30.3 Å². The molecule has 4 heteroatoms. The van der Waals surface area contributed by atoms with Gasteiger partial charge in [0.25, 0.3) is 0 Å². The number of para-hydroxylation sites is 1. The molecule has 0 unspecified atom stereocenters. The molecule has 2 aromatic carbocycles. The summed E-state index contributed by atoms with van der Waals surface area (Å²) in [6.45, 7) is 8.83. The second kappa shape index (κ2) is 6.37. The van der Waals surface area contributed by atoms with Crippen LogP contribution in [-0.2, 0) is 13.2 Å². The number of benzene rings is 2. The van der Waals surface area contributed by atoms with Crippen LogP contribution >= 0.6 is 0 Å². The van der Waals surface area contributed by atoms with Crippen molar-refractivity contribution in [3.05, 3.63) is 58.4 Å². The molecular weight excluding hydrogens is 298 g/mol. The maximum absolute atomic E-state index is 9.18. The van der Waals surface area contributed by atoms with Crippen LogP contribution in [-0.4, -0.2) is 9.55 Å². The predicted octanol–water partition coefficient (Wildman–Crippen LogP) is 4.37.